The Morgan fingerprint density at radius 2 is 1.90 bits per heavy atom. The van der Waals surface area contributed by atoms with E-state index in [-0.39, 0.29) is 5.92 Å². The van der Waals surface area contributed by atoms with Gasteiger partial charge in [0.2, 0.25) is 0 Å². The molecule has 1 aliphatic rings. The summed E-state index contributed by atoms with van der Waals surface area (Å²) in [6.45, 7) is 0. The van der Waals surface area contributed by atoms with Gasteiger partial charge in [0.1, 0.15) is 4.60 Å². The lowest BCUT2D eigenvalue weighted by Gasteiger charge is -2.27. The minimum atomic E-state index is -0.654. The van der Waals surface area contributed by atoms with Crippen molar-refractivity contribution in [1.29, 1.82) is 0 Å². The van der Waals surface area contributed by atoms with Crippen molar-refractivity contribution >= 4 is 32.8 Å². The van der Waals surface area contributed by atoms with Gasteiger partial charge in [0, 0.05) is 5.39 Å². The van der Waals surface area contributed by atoms with Gasteiger partial charge in [-0.3, -0.25) is 4.79 Å². The van der Waals surface area contributed by atoms with E-state index in [1.165, 1.54) is 5.56 Å². The number of halogens is 1. The van der Waals surface area contributed by atoms with E-state index in [0.29, 0.717) is 5.92 Å². The van der Waals surface area contributed by atoms with Crippen LogP contribution >= 0.6 is 15.9 Å². The number of nitrogens with zero attached hydrogens (tertiary/aromatic N) is 1. The van der Waals surface area contributed by atoms with Crippen LogP contribution in [0.2, 0.25) is 0 Å². The molecule has 1 N–H and O–H groups in total. The first-order valence-electron chi connectivity index (χ1n) is 6.93. The lowest BCUT2D eigenvalue weighted by atomic mass is 9.79. The first-order chi connectivity index (χ1) is 9.65. The number of aliphatic carboxylic acids is 1. The molecule has 1 aromatic heterocycles. The van der Waals surface area contributed by atoms with Crippen molar-refractivity contribution in [2.45, 2.75) is 31.6 Å². The second-order valence-electron chi connectivity index (χ2n) is 5.45. The Balaban J connectivity index is 1.87. The maximum atomic E-state index is 11.0. The molecule has 0 spiro atoms. The van der Waals surface area contributed by atoms with E-state index in [1.807, 2.05) is 18.2 Å². The molecule has 20 heavy (non-hydrogen) atoms. The Morgan fingerprint density at radius 3 is 2.60 bits per heavy atom. The molecule has 0 atom stereocenters. The number of carboxylic acids is 1. The molecule has 0 radical (unpaired) electrons. The largest absolute Gasteiger partial charge is 0.481 e. The molecule has 2 aromatic rings. The van der Waals surface area contributed by atoms with Gasteiger partial charge in [-0.05, 0) is 65.2 Å². The fourth-order valence-corrected chi connectivity index (χ4v) is 3.68. The van der Waals surface area contributed by atoms with Crippen molar-refractivity contribution in [1.82, 2.24) is 4.98 Å². The molecule has 1 fully saturated rings. The summed E-state index contributed by atoms with van der Waals surface area (Å²) < 4.78 is 0.898. The minimum Gasteiger partial charge on any atom is -0.481 e. The van der Waals surface area contributed by atoms with E-state index in [9.17, 15) is 4.79 Å². The topological polar surface area (TPSA) is 50.2 Å². The zero-order valence-electron chi connectivity index (χ0n) is 11.1. The summed E-state index contributed by atoms with van der Waals surface area (Å²) in [4.78, 5) is 15.6. The molecular weight excluding hydrogens is 318 g/mol. The first-order valence-corrected chi connectivity index (χ1v) is 7.72. The maximum Gasteiger partial charge on any atom is 0.306 e. The predicted octanol–water partition coefficient (Wildman–Crippen LogP) is 4.36. The van der Waals surface area contributed by atoms with Crippen LogP contribution in [0.4, 0.5) is 0 Å². The van der Waals surface area contributed by atoms with Crippen LogP contribution in [0.3, 0.4) is 0 Å². The van der Waals surface area contributed by atoms with Crippen molar-refractivity contribution < 1.29 is 9.90 Å². The van der Waals surface area contributed by atoms with Gasteiger partial charge in [0.05, 0.1) is 11.4 Å². The molecule has 3 rings (SSSR count). The van der Waals surface area contributed by atoms with Gasteiger partial charge < -0.3 is 5.11 Å². The molecule has 0 amide bonds. The van der Waals surface area contributed by atoms with Crippen molar-refractivity contribution in [2.24, 2.45) is 5.92 Å². The van der Waals surface area contributed by atoms with Gasteiger partial charge in [0.15, 0.2) is 0 Å². The van der Waals surface area contributed by atoms with E-state index >= 15 is 0 Å². The lowest BCUT2D eigenvalue weighted by molar-refractivity contribution is -0.142. The van der Waals surface area contributed by atoms with E-state index in [4.69, 9.17) is 5.11 Å². The number of rotatable bonds is 2. The van der Waals surface area contributed by atoms with Crippen molar-refractivity contribution in [3.8, 4) is 0 Å². The number of hydrogen-bond donors (Lipinski definition) is 1. The van der Waals surface area contributed by atoms with E-state index in [2.05, 4.69) is 33.0 Å². The number of carbonyl (C=O) groups is 1. The highest BCUT2D eigenvalue weighted by atomic mass is 79.9. The summed E-state index contributed by atoms with van der Waals surface area (Å²) in [6, 6.07) is 10.3. The Hall–Kier alpha value is -1.42. The van der Waals surface area contributed by atoms with Crippen LogP contribution < -0.4 is 0 Å². The molecule has 0 aliphatic heterocycles. The smallest absolute Gasteiger partial charge is 0.306 e. The highest BCUT2D eigenvalue weighted by Gasteiger charge is 2.28. The van der Waals surface area contributed by atoms with E-state index in [0.717, 1.165) is 41.2 Å². The fourth-order valence-electron chi connectivity index (χ4n) is 3.05. The van der Waals surface area contributed by atoms with E-state index in [1.54, 1.807) is 0 Å². The average Bonchev–Trinajstić information content (AvgIpc) is 2.46. The molecule has 1 aliphatic carbocycles. The van der Waals surface area contributed by atoms with Gasteiger partial charge in [-0.2, -0.15) is 0 Å². The van der Waals surface area contributed by atoms with E-state index < -0.39 is 5.97 Å². The normalized spacial score (nSPS) is 22.9. The number of pyridine rings is 1. The van der Waals surface area contributed by atoms with Crippen molar-refractivity contribution in [2.75, 3.05) is 0 Å². The van der Waals surface area contributed by atoms with Gasteiger partial charge >= 0.3 is 5.97 Å². The quantitative estimate of drug-likeness (QED) is 0.831. The highest BCUT2D eigenvalue weighted by Crippen LogP contribution is 2.39. The second-order valence-corrected chi connectivity index (χ2v) is 6.20. The molecule has 0 unspecified atom stereocenters. The summed E-state index contributed by atoms with van der Waals surface area (Å²) in [5.41, 5.74) is 2.20. The molecule has 1 heterocycles. The molecule has 4 heteroatoms. The predicted molar refractivity (Wildman–Crippen MR) is 81.8 cm³/mol. The summed E-state index contributed by atoms with van der Waals surface area (Å²) in [6.07, 6.45) is 3.38. The first kappa shape index (κ1) is 13.6. The molecule has 0 bridgehead atoms. The van der Waals surface area contributed by atoms with Crippen LogP contribution in [0, 0.1) is 5.92 Å². The van der Waals surface area contributed by atoms with Crippen molar-refractivity contribution in [3.05, 3.63) is 40.5 Å². The monoisotopic (exact) mass is 333 g/mol. The Bertz CT molecular complexity index is 648. The third-order valence-corrected chi connectivity index (χ3v) is 4.86. The molecular formula is C16H16BrNO2. The van der Waals surface area contributed by atoms with Crippen LogP contribution in [-0.4, -0.2) is 16.1 Å². The number of para-hydroxylation sites is 1. The highest BCUT2D eigenvalue weighted by molar-refractivity contribution is 9.10. The van der Waals surface area contributed by atoms with Crippen LogP contribution in [0.15, 0.2) is 34.9 Å². The Morgan fingerprint density at radius 1 is 1.20 bits per heavy atom. The zero-order chi connectivity index (χ0) is 14.1. The number of carboxylic acid groups (broad SMARTS) is 1. The van der Waals surface area contributed by atoms with Crippen LogP contribution in [-0.2, 0) is 4.79 Å². The van der Waals surface area contributed by atoms with Gasteiger partial charge in [0.25, 0.3) is 0 Å². The average molecular weight is 334 g/mol. The molecule has 0 saturated heterocycles. The van der Waals surface area contributed by atoms with Crippen LogP contribution in [0.5, 0.6) is 0 Å². The van der Waals surface area contributed by atoms with Crippen molar-refractivity contribution in [3.63, 3.8) is 0 Å². The Labute approximate surface area is 126 Å². The third-order valence-electron chi connectivity index (χ3n) is 4.22. The molecule has 104 valence electrons. The summed E-state index contributed by atoms with van der Waals surface area (Å²) in [5, 5.41) is 10.2. The molecule has 3 nitrogen and oxygen atoms in total. The zero-order valence-corrected chi connectivity index (χ0v) is 12.6. The third kappa shape index (κ3) is 2.57. The lowest BCUT2D eigenvalue weighted by Crippen LogP contribution is -2.20. The summed E-state index contributed by atoms with van der Waals surface area (Å²) >= 11 is 3.57. The standard InChI is InChI=1S/C16H16BrNO2/c17-15-13(9-12-3-1-2-4-14(12)18-15)10-5-7-11(8-6-10)16(19)20/h1-4,9-11H,5-8H2,(H,19,20). The SMILES string of the molecule is O=C(O)C1CCC(c2cc3ccccc3nc2Br)CC1. The van der Waals surface area contributed by atoms with Crippen LogP contribution in [0.25, 0.3) is 10.9 Å². The summed E-state index contributed by atoms with van der Waals surface area (Å²) in [5.74, 6) is -0.408. The molecule has 1 aromatic carbocycles. The van der Waals surface area contributed by atoms with Gasteiger partial charge in [-0.1, -0.05) is 18.2 Å². The molecule has 1 saturated carbocycles. The number of fused-ring (bicyclic) bond motifs is 1. The number of aromatic nitrogens is 1. The summed E-state index contributed by atoms with van der Waals surface area (Å²) in [7, 11) is 0. The Kier molecular flexibility index (Phi) is 3.74. The van der Waals surface area contributed by atoms with Gasteiger partial charge in [-0.15, -0.1) is 0 Å². The minimum absolute atomic E-state index is 0.168. The number of benzene rings is 1. The second kappa shape index (κ2) is 5.52. The maximum absolute atomic E-state index is 11.0. The number of hydrogen-bond acceptors (Lipinski definition) is 2. The van der Waals surface area contributed by atoms with Gasteiger partial charge in [-0.25, -0.2) is 4.98 Å². The van der Waals surface area contributed by atoms with Crippen LogP contribution in [0.1, 0.15) is 37.2 Å². The fraction of sp³-hybridized carbons (Fsp3) is 0.375.